The maximum Gasteiger partial charge on any atom is 0.139 e. The van der Waals surface area contributed by atoms with Crippen molar-refractivity contribution in [1.82, 2.24) is 14.9 Å². The van der Waals surface area contributed by atoms with Gasteiger partial charge in [-0.15, -0.1) is 5.10 Å². The van der Waals surface area contributed by atoms with Gasteiger partial charge in [-0.1, -0.05) is 41.4 Å². The molecule has 0 fully saturated rings. The standard InChI is InChI=1S/C16H13Cl2FN4/c17-12-3-6-14(15(18)8-12)16(22-23-10-20-9-21-23)7-11-1-4-13(19)5-2-11/h1-6,8-10,16,22H,7H2. The van der Waals surface area contributed by atoms with Gasteiger partial charge in [0.1, 0.15) is 18.5 Å². The molecule has 7 heteroatoms. The summed E-state index contributed by atoms with van der Waals surface area (Å²) in [6, 6.07) is 11.5. The molecule has 1 atom stereocenters. The minimum absolute atomic E-state index is 0.174. The third-order valence-corrected chi connectivity index (χ3v) is 3.96. The van der Waals surface area contributed by atoms with Crippen LogP contribution in [0.4, 0.5) is 4.39 Å². The van der Waals surface area contributed by atoms with Gasteiger partial charge in [0, 0.05) is 10.0 Å². The van der Waals surface area contributed by atoms with Gasteiger partial charge in [-0.05, 0) is 41.8 Å². The van der Waals surface area contributed by atoms with Crippen molar-refractivity contribution >= 4 is 23.2 Å². The molecule has 2 aromatic carbocycles. The van der Waals surface area contributed by atoms with Gasteiger partial charge >= 0.3 is 0 Å². The number of benzene rings is 2. The minimum Gasteiger partial charge on any atom is -0.301 e. The average Bonchev–Trinajstić information content (AvgIpc) is 3.02. The summed E-state index contributed by atoms with van der Waals surface area (Å²) in [6.07, 6.45) is 3.59. The van der Waals surface area contributed by atoms with Crippen molar-refractivity contribution in [2.75, 3.05) is 5.43 Å². The molecule has 1 aromatic heterocycles. The topological polar surface area (TPSA) is 42.7 Å². The largest absolute Gasteiger partial charge is 0.301 e. The summed E-state index contributed by atoms with van der Waals surface area (Å²) in [5, 5.41) is 5.17. The van der Waals surface area contributed by atoms with Gasteiger partial charge in [0.2, 0.25) is 0 Å². The van der Waals surface area contributed by atoms with E-state index in [-0.39, 0.29) is 11.9 Å². The van der Waals surface area contributed by atoms with Crippen molar-refractivity contribution in [3.63, 3.8) is 0 Å². The van der Waals surface area contributed by atoms with E-state index in [9.17, 15) is 4.39 Å². The van der Waals surface area contributed by atoms with E-state index in [1.165, 1.54) is 23.3 Å². The molecular weight excluding hydrogens is 338 g/mol. The molecule has 0 bridgehead atoms. The molecule has 0 aliphatic carbocycles. The lowest BCUT2D eigenvalue weighted by Gasteiger charge is -2.21. The van der Waals surface area contributed by atoms with Crippen LogP contribution in [0.25, 0.3) is 0 Å². The lowest BCUT2D eigenvalue weighted by Crippen LogP contribution is -2.23. The predicted octanol–water partition coefficient (Wildman–Crippen LogP) is 4.25. The van der Waals surface area contributed by atoms with E-state index in [0.29, 0.717) is 16.5 Å². The molecule has 1 unspecified atom stereocenters. The van der Waals surface area contributed by atoms with E-state index in [0.717, 1.165) is 11.1 Å². The molecule has 3 aromatic rings. The summed E-state index contributed by atoms with van der Waals surface area (Å²) in [4.78, 5) is 5.42. The molecule has 4 nitrogen and oxygen atoms in total. The van der Waals surface area contributed by atoms with Gasteiger partial charge in [-0.25, -0.2) is 9.37 Å². The van der Waals surface area contributed by atoms with E-state index in [4.69, 9.17) is 23.2 Å². The molecular formula is C16H13Cl2FN4. The van der Waals surface area contributed by atoms with E-state index < -0.39 is 0 Å². The highest BCUT2D eigenvalue weighted by atomic mass is 35.5. The number of nitrogens with one attached hydrogen (secondary N) is 1. The summed E-state index contributed by atoms with van der Waals surface area (Å²) in [6.45, 7) is 0. The van der Waals surface area contributed by atoms with Crippen molar-refractivity contribution < 1.29 is 4.39 Å². The summed E-state index contributed by atoms with van der Waals surface area (Å²) < 4.78 is 13.1. The zero-order valence-corrected chi connectivity index (χ0v) is 13.5. The van der Waals surface area contributed by atoms with Crippen LogP contribution < -0.4 is 5.43 Å². The van der Waals surface area contributed by atoms with Crippen LogP contribution in [0.1, 0.15) is 17.2 Å². The monoisotopic (exact) mass is 350 g/mol. The van der Waals surface area contributed by atoms with Gasteiger partial charge in [-0.2, -0.15) is 4.79 Å². The minimum atomic E-state index is -0.265. The smallest absolute Gasteiger partial charge is 0.139 e. The van der Waals surface area contributed by atoms with E-state index in [1.807, 2.05) is 6.07 Å². The van der Waals surface area contributed by atoms with E-state index in [2.05, 4.69) is 15.5 Å². The van der Waals surface area contributed by atoms with Gasteiger partial charge in [0.15, 0.2) is 0 Å². The molecule has 23 heavy (non-hydrogen) atoms. The number of rotatable bonds is 5. The van der Waals surface area contributed by atoms with Crippen molar-refractivity contribution in [3.05, 3.63) is 82.1 Å². The van der Waals surface area contributed by atoms with Gasteiger partial charge in [-0.3, -0.25) is 0 Å². The van der Waals surface area contributed by atoms with Crippen molar-refractivity contribution in [1.29, 1.82) is 0 Å². The van der Waals surface area contributed by atoms with E-state index in [1.54, 1.807) is 30.6 Å². The van der Waals surface area contributed by atoms with Crippen LogP contribution in [-0.2, 0) is 6.42 Å². The van der Waals surface area contributed by atoms with Crippen LogP contribution in [0.15, 0.2) is 55.1 Å². The normalized spacial score (nSPS) is 12.1. The van der Waals surface area contributed by atoms with Gasteiger partial charge < -0.3 is 5.43 Å². The number of nitrogens with zero attached hydrogens (tertiary/aromatic N) is 3. The molecule has 1 heterocycles. The molecule has 0 radical (unpaired) electrons. The molecule has 3 rings (SSSR count). The highest BCUT2D eigenvalue weighted by molar-refractivity contribution is 6.35. The van der Waals surface area contributed by atoms with Crippen molar-refractivity contribution in [2.45, 2.75) is 12.5 Å². The third kappa shape index (κ3) is 4.00. The first-order valence-electron chi connectivity index (χ1n) is 6.92. The maximum atomic E-state index is 13.1. The van der Waals surface area contributed by atoms with Crippen LogP contribution in [0.2, 0.25) is 10.0 Å². The molecule has 0 saturated heterocycles. The molecule has 0 spiro atoms. The Labute approximate surface area is 142 Å². The lowest BCUT2D eigenvalue weighted by molar-refractivity contribution is 0.612. The Hall–Kier alpha value is -2.11. The zero-order chi connectivity index (χ0) is 16.2. The Morgan fingerprint density at radius 1 is 1.13 bits per heavy atom. The maximum absolute atomic E-state index is 13.1. The molecule has 118 valence electrons. The number of halogens is 3. The SMILES string of the molecule is Fc1ccc(CC(Nn2cncn2)c2ccc(Cl)cc2Cl)cc1. The van der Waals surface area contributed by atoms with Crippen molar-refractivity contribution in [2.24, 2.45) is 0 Å². The first-order valence-corrected chi connectivity index (χ1v) is 7.68. The highest BCUT2D eigenvalue weighted by Gasteiger charge is 2.16. The fourth-order valence-corrected chi connectivity index (χ4v) is 2.84. The Kier molecular flexibility index (Phi) is 4.79. The summed E-state index contributed by atoms with van der Waals surface area (Å²) >= 11 is 12.3. The Morgan fingerprint density at radius 3 is 2.57 bits per heavy atom. The Bertz CT molecular complexity index is 775. The Morgan fingerprint density at radius 2 is 1.91 bits per heavy atom. The fraction of sp³-hybridized carbons (Fsp3) is 0.125. The quantitative estimate of drug-likeness (QED) is 0.747. The summed E-state index contributed by atoms with van der Waals surface area (Å²) in [5.41, 5.74) is 5.06. The zero-order valence-electron chi connectivity index (χ0n) is 12.0. The van der Waals surface area contributed by atoms with Crippen LogP contribution in [0.3, 0.4) is 0 Å². The van der Waals surface area contributed by atoms with Crippen LogP contribution in [-0.4, -0.2) is 14.9 Å². The second-order valence-electron chi connectivity index (χ2n) is 5.02. The fourth-order valence-electron chi connectivity index (χ4n) is 2.30. The number of hydrogen-bond donors (Lipinski definition) is 1. The first-order chi connectivity index (χ1) is 11.1. The highest BCUT2D eigenvalue weighted by Crippen LogP contribution is 2.29. The summed E-state index contributed by atoms with van der Waals surface area (Å²) in [7, 11) is 0. The van der Waals surface area contributed by atoms with Crippen molar-refractivity contribution in [3.8, 4) is 0 Å². The summed E-state index contributed by atoms with van der Waals surface area (Å²) in [5.74, 6) is -0.265. The van der Waals surface area contributed by atoms with Crippen LogP contribution in [0.5, 0.6) is 0 Å². The van der Waals surface area contributed by atoms with E-state index >= 15 is 0 Å². The van der Waals surface area contributed by atoms with Gasteiger partial charge in [0.25, 0.3) is 0 Å². The molecule has 0 aliphatic heterocycles. The van der Waals surface area contributed by atoms with Crippen LogP contribution >= 0.6 is 23.2 Å². The number of hydrogen-bond acceptors (Lipinski definition) is 3. The first kappa shape index (κ1) is 15.8. The second-order valence-corrected chi connectivity index (χ2v) is 5.86. The molecule has 1 N–H and O–H groups in total. The lowest BCUT2D eigenvalue weighted by atomic mass is 9.99. The third-order valence-electron chi connectivity index (χ3n) is 3.40. The second kappa shape index (κ2) is 6.98. The Balaban J connectivity index is 1.90. The molecule has 0 amide bonds. The molecule has 0 aliphatic rings. The molecule has 0 saturated carbocycles. The van der Waals surface area contributed by atoms with Gasteiger partial charge in [0.05, 0.1) is 6.04 Å². The predicted molar refractivity (Wildman–Crippen MR) is 88.7 cm³/mol. The number of aromatic nitrogens is 3. The average molecular weight is 351 g/mol. The van der Waals surface area contributed by atoms with Crippen LogP contribution in [0, 0.1) is 5.82 Å².